The molecular formula is C10H9F3O2. The molecule has 0 fully saturated rings. The van der Waals surface area contributed by atoms with E-state index in [-0.39, 0.29) is 11.1 Å². The third-order valence-electron chi connectivity index (χ3n) is 2.15. The molecule has 15 heavy (non-hydrogen) atoms. The molecule has 1 aromatic rings. The van der Waals surface area contributed by atoms with Gasteiger partial charge in [-0.25, -0.2) is 4.79 Å². The molecule has 0 saturated carbocycles. The molecule has 1 aromatic carbocycles. The maximum absolute atomic E-state index is 12.3. The number of carbonyl (C=O) groups is 1. The highest BCUT2D eigenvalue weighted by Crippen LogP contribution is 2.34. The maximum atomic E-state index is 12.3. The van der Waals surface area contributed by atoms with Crippen LogP contribution in [-0.2, 0) is 0 Å². The standard InChI is InChI=1S/C10H9F3O2/c1-6(10(11,12)13)7-2-4-8(5-3-7)9(14)15/h2-6H,1H3,(H,14,15). The Labute approximate surface area is 84.3 Å². The van der Waals surface area contributed by atoms with Gasteiger partial charge < -0.3 is 5.11 Å². The number of rotatable bonds is 2. The fourth-order valence-corrected chi connectivity index (χ4v) is 1.10. The van der Waals surface area contributed by atoms with Crippen LogP contribution in [0.1, 0.15) is 28.8 Å². The second-order valence-electron chi connectivity index (χ2n) is 3.19. The number of halogens is 3. The zero-order valence-electron chi connectivity index (χ0n) is 7.88. The normalized spacial score (nSPS) is 13.6. The van der Waals surface area contributed by atoms with E-state index >= 15 is 0 Å². The van der Waals surface area contributed by atoms with E-state index < -0.39 is 18.1 Å². The summed E-state index contributed by atoms with van der Waals surface area (Å²) >= 11 is 0. The van der Waals surface area contributed by atoms with Crippen molar-refractivity contribution in [2.24, 2.45) is 0 Å². The van der Waals surface area contributed by atoms with Crippen LogP contribution in [-0.4, -0.2) is 17.3 Å². The van der Waals surface area contributed by atoms with Gasteiger partial charge >= 0.3 is 12.1 Å². The third kappa shape index (κ3) is 2.71. The Hall–Kier alpha value is -1.52. The molecule has 5 heteroatoms. The van der Waals surface area contributed by atoms with Gasteiger partial charge in [0.1, 0.15) is 0 Å². The summed E-state index contributed by atoms with van der Waals surface area (Å²) in [5.41, 5.74) is 0.0422. The number of aromatic carboxylic acids is 1. The molecule has 2 nitrogen and oxygen atoms in total. The maximum Gasteiger partial charge on any atom is 0.395 e. The summed E-state index contributed by atoms with van der Waals surface area (Å²) in [6, 6.07) is 4.70. The highest BCUT2D eigenvalue weighted by atomic mass is 19.4. The molecule has 82 valence electrons. The molecule has 1 unspecified atom stereocenters. The summed E-state index contributed by atoms with van der Waals surface area (Å²) in [5, 5.41) is 8.55. The second-order valence-corrected chi connectivity index (χ2v) is 3.19. The topological polar surface area (TPSA) is 37.3 Å². The van der Waals surface area contributed by atoms with Crippen molar-refractivity contribution in [2.45, 2.75) is 19.0 Å². The Bertz CT molecular complexity index is 354. The van der Waals surface area contributed by atoms with Crippen LogP contribution in [0.5, 0.6) is 0 Å². The van der Waals surface area contributed by atoms with Crippen molar-refractivity contribution < 1.29 is 23.1 Å². The SMILES string of the molecule is CC(c1ccc(C(=O)O)cc1)C(F)(F)F. The lowest BCUT2D eigenvalue weighted by Gasteiger charge is -2.15. The molecule has 0 saturated heterocycles. The van der Waals surface area contributed by atoms with Gasteiger partial charge in [0.15, 0.2) is 0 Å². The Morgan fingerprint density at radius 1 is 1.27 bits per heavy atom. The number of carboxylic acid groups (broad SMARTS) is 1. The number of hydrogen-bond acceptors (Lipinski definition) is 1. The molecule has 0 heterocycles. The second kappa shape index (κ2) is 3.92. The van der Waals surface area contributed by atoms with Gasteiger partial charge in [0.25, 0.3) is 0 Å². The van der Waals surface area contributed by atoms with E-state index in [0.717, 1.165) is 6.92 Å². The molecule has 1 N–H and O–H groups in total. The van der Waals surface area contributed by atoms with Crippen molar-refractivity contribution in [3.63, 3.8) is 0 Å². The Morgan fingerprint density at radius 2 is 1.73 bits per heavy atom. The summed E-state index contributed by atoms with van der Waals surface area (Å²) in [7, 11) is 0. The van der Waals surface area contributed by atoms with E-state index in [1.807, 2.05) is 0 Å². The van der Waals surface area contributed by atoms with E-state index in [1.165, 1.54) is 24.3 Å². The van der Waals surface area contributed by atoms with Gasteiger partial charge in [0.2, 0.25) is 0 Å². The molecule has 0 aliphatic rings. The first-order valence-corrected chi connectivity index (χ1v) is 4.22. The molecule has 1 rings (SSSR count). The lowest BCUT2D eigenvalue weighted by molar-refractivity contribution is -0.146. The Balaban J connectivity index is 2.94. The first kappa shape index (κ1) is 11.6. The molecule has 1 atom stereocenters. The minimum absolute atomic E-state index is 0.0203. The van der Waals surface area contributed by atoms with Gasteiger partial charge in [-0.15, -0.1) is 0 Å². The number of hydrogen-bond donors (Lipinski definition) is 1. The molecule has 0 aliphatic carbocycles. The molecular weight excluding hydrogens is 209 g/mol. The predicted octanol–water partition coefficient (Wildman–Crippen LogP) is 3.05. The van der Waals surface area contributed by atoms with Crippen molar-refractivity contribution in [1.82, 2.24) is 0 Å². The highest BCUT2D eigenvalue weighted by Gasteiger charge is 2.36. The van der Waals surface area contributed by atoms with Crippen molar-refractivity contribution in [3.8, 4) is 0 Å². The fourth-order valence-electron chi connectivity index (χ4n) is 1.10. The average molecular weight is 218 g/mol. The van der Waals surface area contributed by atoms with Crippen molar-refractivity contribution >= 4 is 5.97 Å². The van der Waals surface area contributed by atoms with E-state index in [2.05, 4.69) is 0 Å². The number of carboxylic acids is 1. The molecule has 0 aromatic heterocycles. The lowest BCUT2D eigenvalue weighted by Crippen LogP contribution is -2.17. The fraction of sp³-hybridized carbons (Fsp3) is 0.300. The monoisotopic (exact) mass is 218 g/mol. The molecule has 0 spiro atoms. The largest absolute Gasteiger partial charge is 0.478 e. The smallest absolute Gasteiger partial charge is 0.395 e. The van der Waals surface area contributed by atoms with E-state index in [0.29, 0.717) is 0 Å². The van der Waals surface area contributed by atoms with Crippen LogP contribution in [0, 0.1) is 0 Å². The average Bonchev–Trinajstić information content (AvgIpc) is 2.15. The van der Waals surface area contributed by atoms with Crippen LogP contribution in [0.3, 0.4) is 0 Å². The summed E-state index contributed by atoms with van der Waals surface area (Å²) in [4.78, 5) is 10.5. The van der Waals surface area contributed by atoms with E-state index in [1.54, 1.807) is 0 Å². The molecule has 0 radical (unpaired) electrons. The van der Waals surface area contributed by atoms with Gasteiger partial charge in [-0.3, -0.25) is 0 Å². The van der Waals surface area contributed by atoms with Crippen LogP contribution >= 0.6 is 0 Å². The first-order chi connectivity index (χ1) is 6.82. The zero-order valence-corrected chi connectivity index (χ0v) is 7.88. The van der Waals surface area contributed by atoms with E-state index in [9.17, 15) is 18.0 Å². The first-order valence-electron chi connectivity index (χ1n) is 4.22. The molecule has 0 aliphatic heterocycles. The zero-order chi connectivity index (χ0) is 11.6. The third-order valence-corrected chi connectivity index (χ3v) is 2.15. The van der Waals surface area contributed by atoms with Crippen molar-refractivity contribution in [2.75, 3.05) is 0 Å². The van der Waals surface area contributed by atoms with Crippen LogP contribution < -0.4 is 0 Å². The van der Waals surface area contributed by atoms with E-state index in [4.69, 9.17) is 5.11 Å². The van der Waals surface area contributed by atoms with Gasteiger partial charge in [0.05, 0.1) is 11.5 Å². The van der Waals surface area contributed by atoms with Gasteiger partial charge in [-0.05, 0) is 24.6 Å². The number of benzene rings is 1. The van der Waals surface area contributed by atoms with Crippen LogP contribution in [0.2, 0.25) is 0 Å². The van der Waals surface area contributed by atoms with Crippen LogP contribution in [0.25, 0.3) is 0 Å². The summed E-state index contributed by atoms with van der Waals surface area (Å²) in [5.74, 6) is -2.73. The molecule has 0 bridgehead atoms. The summed E-state index contributed by atoms with van der Waals surface area (Å²) in [6.07, 6.45) is -4.30. The number of alkyl halides is 3. The Kier molecular flexibility index (Phi) is 3.02. The summed E-state index contributed by atoms with van der Waals surface area (Å²) in [6.45, 7) is 1.04. The minimum atomic E-state index is -4.30. The predicted molar refractivity (Wildman–Crippen MR) is 47.9 cm³/mol. The Morgan fingerprint density at radius 3 is 2.07 bits per heavy atom. The highest BCUT2D eigenvalue weighted by molar-refractivity contribution is 5.87. The minimum Gasteiger partial charge on any atom is -0.478 e. The van der Waals surface area contributed by atoms with Crippen molar-refractivity contribution in [1.29, 1.82) is 0 Å². The quantitative estimate of drug-likeness (QED) is 0.828. The summed E-state index contributed by atoms with van der Waals surface area (Å²) < 4.78 is 36.8. The lowest BCUT2D eigenvalue weighted by atomic mass is 9.99. The van der Waals surface area contributed by atoms with Gasteiger partial charge in [0, 0.05) is 0 Å². The van der Waals surface area contributed by atoms with Crippen LogP contribution in [0.4, 0.5) is 13.2 Å². The van der Waals surface area contributed by atoms with Crippen molar-refractivity contribution in [3.05, 3.63) is 35.4 Å². The van der Waals surface area contributed by atoms with Gasteiger partial charge in [-0.2, -0.15) is 13.2 Å². The van der Waals surface area contributed by atoms with Gasteiger partial charge in [-0.1, -0.05) is 12.1 Å². The molecule has 0 amide bonds. The van der Waals surface area contributed by atoms with Crippen LogP contribution in [0.15, 0.2) is 24.3 Å².